The number of methoxy groups -OCH3 is 2. The molecule has 0 unspecified atom stereocenters. The Labute approximate surface area is 218 Å². The highest BCUT2D eigenvalue weighted by Crippen LogP contribution is 2.31. The van der Waals surface area contributed by atoms with Gasteiger partial charge in [0.25, 0.3) is 0 Å². The summed E-state index contributed by atoms with van der Waals surface area (Å²) in [5.41, 5.74) is 5.40. The van der Waals surface area contributed by atoms with Crippen molar-refractivity contribution in [2.45, 2.75) is 32.5 Å². The van der Waals surface area contributed by atoms with Crippen LogP contribution in [0.3, 0.4) is 0 Å². The average Bonchev–Trinajstić information content (AvgIpc) is 2.89. The van der Waals surface area contributed by atoms with Gasteiger partial charge >= 0.3 is 0 Å². The van der Waals surface area contributed by atoms with Gasteiger partial charge in [0.15, 0.2) is 0 Å². The maximum absolute atomic E-state index is 9.76. The molecule has 1 aliphatic rings. The summed E-state index contributed by atoms with van der Waals surface area (Å²) >= 11 is 6.33. The Morgan fingerprint density at radius 3 is 2.64 bits per heavy atom. The van der Waals surface area contributed by atoms with Gasteiger partial charge in [0.2, 0.25) is 0 Å². The molecule has 36 heavy (non-hydrogen) atoms. The van der Waals surface area contributed by atoms with Gasteiger partial charge < -0.3 is 25.0 Å². The molecular weight excluding hydrogens is 474 g/mol. The van der Waals surface area contributed by atoms with E-state index >= 15 is 0 Å². The van der Waals surface area contributed by atoms with Crippen molar-refractivity contribution in [2.24, 2.45) is 5.92 Å². The van der Waals surface area contributed by atoms with Crippen molar-refractivity contribution in [3.05, 3.63) is 63.8 Å². The lowest BCUT2D eigenvalue weighted by Gasteiger charge is -2.29. The van der Waals surface area contributed by atoms with Crippen LogP contribution in [0.5, 0.6) is 5.75 Å². The Balaban J connectivity index is 1.60. The number of anilines is 1. The lowest BCUT2D eigenvalue weighted by molar-refractivity contribution is 0.185. The molecule has 7 nitrogen and oxygen atoms in total. The molecule has 1 saturated heterocycles. The maximum atomic E-state index is 9.76. The molecule has 4 rings (SSSR count). The van der Waals surface area contributed by atoms with Gasteiger partial charge in [-0.2, -0.15) is 5.26 Å². The molecule has 0 radical (unpaired) electrons. The van der Waals surface area contributed by atoms with Gasteiger partial charge in [0.05, 0.1) is 41.6 Å². The summed E-state index contributed by atoms with van der Waals surface area (Å²) in [5, 5.41) is 18.4. The van der Waals surface area contributed by atoms with Crippen molar-refractivity contribution < 1.29 is 9.47 Å². The van der Waals surface area contributed by atoms with Crippen LogP contribution in [0.15, 0.2) is 36.5 Å². The third kappa shape index (κ3) is 6.26. The van der Waals surface area contributed by atoms with E-state index in [9.17, 15) is 5.26 Å². The van der Waals surface area contributed by atoms with Gasteiger partial charge in [-0.3, -0.25) is 4.98 Å². The molecule has 2 aromatic carbocycles. The number of hydrogen-bond acceptors (Lipinski definition) is 7. The monoisotopic (exact) mass is 507 g/mol. The summed E-state index contributed by atoms with van der Waals surface area (Å²) in [4.78, 5) is 7.17. The fraction of sp³-hybridized carbons (Fsp3) is 0.429. The zero-order valence-electron chi connectivity index (χ0n) is 21.2. The number of benzene rings is 2. The van der Waals surface area contributed by atoms with Crippen LogP contribution in [-0.2, 0) is 24.4 Å². The normalized spacial score (nSPS) is 14.6. The minimum atomic E-state index is 0.412. The second kappa shape index (κ2) is 12.4. The number of pyridine rings is 1. The molecule has 1 aliphatic heterocycles. The van der Waals surface area contributed by atoms with Crippen LogP contribution in [0.1, 0.15) is 35.1 Å². The number of rotatable bonds is 10. The molecule has 0 saturated carbocycles. The highest BCUT2D eigenvalue weighted by atomic mass is 35.5. The molecule has 1 fully saturated rings. The molecule has 1 aromatic heterocycles. The minimum Gasteiger partial charge on any atom is -0.495 e. The van der Waals surface area contributed by atoms with Gasteiger partial charge in [0.1, 0.15) is 5.75 Å². The zero-order valence-corrected chi connectivity index (χ0v) is 22.0. The topological polar surface area (TPSA) is 82.4 Å². The summed E-state index contributed by atoms with van der Waals surface area (Å²) in [6.45, 7) is 4.91. The van der Waals surface area contributed by atoms with Crippen molar-refractivity contribution >= 4 is 28.2 Å². The van der Waals surface area contributed by atoms with E-state index in [1.807, 2.05) is 36.5 Å². The van der Waals surface area contributed by atoms with E-state index in [1.54, 1.807) is 14.2 Å². The van der Waals surface area contributed by atoms with E-state index in [4.69, 9.17) is 26.1 Å². The second-order valence-electron chi connectivity index (χ2n) is 9.43. The van der Waals surface area contributed by atoms with E-state index in [0.29, 0.717) is 41.9 Å². The summed E-state index contributed by atoms with van der Waals surface area (Å²) in [7, 11) is 5.45. The summed E-state index contributed by atoms with van der Waals surface area (Å²) < 4.78 is 10.7. The molecule has 0 spiro atoms. The smallest absolute Gasteiger partial charge is 0.137 e. The van der Waals surface area contributed by atoms with Crippen molar-refractivity contribution in [3.63, 3.8) is 0 Å². The highest BCUT2D eigenvalue weighted by molar-refractivity contribution is 6.32. The Morgan fingerprint density at radius 2 is 1.94 bits per heavy atom. The number of nitrogens with zero attached hydrogens (tertiary/aromatic N) is 3. The first kappa shape index (κ1) is 26.2. The Kier molecular flexibility index (Phi) is 9.00. The fourth-order valence-electron chi connectivity index (χ4n) is 4.78. The molecule has 3 aromatic rings. The largest absolute Gasteiger partial charge is 0.495 e. The third-order valence-electron chi connectivity index (χ3n) is 6.83. The predicted octanol–water partition coefficient (Wildman–Crippen LogP) is 4.96. The van der Waals surface area contributed by atoms with Crippen LogP contribution < -0.4 is 15.4 Å². The first-order valence-corrected chi connectivity index (χ1v) is 12.7. The second-order valence-corrected chi connectivity index (χ2v) is 9.84. The Bertz CT molecular complexity index is 1230. The molecule has 0 bridgehead atoms. The van der Waals surface area contributed by atoms with Crippen molar-refractivity contribution in [3.8, 4) is 11.8 Å². The molecule has 2 heterocycles. The van der Waals surface area contributed by atoms with Crippen LogP contribution in [0.2, 0.25) is 5.02 Å². The quantitative estimate of drug-likeness (QED) is 0.401. The number of halogens is 1. The summed E-state index contributed by atoms with van der Waals surface area (Å²) in [5.74, 6) is 1.33. The Morgan fingerprint density at radius 1 is 1.14 bits per heavy atom. The molecule has 8 heteroatoms. The van der Waals surface area contributed by atoms with Gasteiger partial charge in [-0.1, -0.05) is 17.7 Å². The van der Waals surface area contributed by atoms with Crippen LogP contribution in [-0.4, -0.2) is 50.8 Å². The summed E-state index contributed by atoms with van der Waals surface area (Å²) in [6, 6.07) is 11.9. The number of ether oxygens (including phenoxy) is 2. The lowest BCUT2D eigenvalue weighted by atomic mass is 9.97. The molecule has 190 valence electrons. The number of piperidine rings is 1. The molecule has 2 N–H and O–H groups in total. The fourth-order valence-corrected chi connectivity index (χ4v) is 5.06. The van der Waals surface area contributed by atoms with E-state index in [2.05, 4.69) is 28.7 Å². The first-order chi connectivity index (χ1) is 17.5. The van der Waals surface area contributed by atoms with Crippen molar-refractivity contribution in [1.29, 1.82) is 5.26 Å². The SMILES string of the molecule is COCc1cnc2c(CNCC3CCN(C)CC3)cc(C#N)cc2c1NCc1ccc(OC)c(Cl)c1. The molecule has 0 aliphatic carbocycles. The minimum absolute atomic E-state index is 0.412. The van der Waals surface area contributed by atoms with Gasteiger partial charge in [-0.15, -0.1) is 0 Å². The third-order valence-corrected chi connectivity index (χ3v) is 7.13. The van der Waals surface area contributed by atoms with E-state index in [1.165, 1.54) is 12.8 Å². The van der Waals surface area contributed by atoms with Gasteiger partial charge in [-0.05, 0) is 80.8 Å². The number of hydrogen-bond donors (Lipinski definition) is 2. The standard InChI is InChI=1S/C28H34ClN5O2/c1-34-8-6-19(7-9-34)14-31-16-22-10-21(13-30)11-24-27(22)33-17-23(18-35-2)28(24)32-15-20-4-5-26(36-3)25(29)12-20/h4-5,10-12,17,19,31H,6-9,14-16,18H2,1-3H3,(H,32,33). The van der Waals surface area contributed by atoms with Crippen molar-refractivity contribution in [2.75, 3.05) is 46.2 Å². The van der Waals surface area contributed by atoms with Gasteiger partial charge in [0, 0.05) is 37.3 Å². The molecular formula is C28H34ClN5O2. The van der Waals surface area contributed by atoms with Gasteiger partial charge in [-0.25, -0.2) is 0 Å². The van der Waals surface area contributed by atoms with Crippen molar-refractivity contribution in [1.82, 2.24) is 15.2 Å². The van der Waals surface area contributed by atoms with E-state index in [0.717, 1.165) is 52.9 Å². The predicted molar refractivity (Wildman–Crippen MR) is 144 cm³/mol. The summed E-state index contributed by atoms with van der Waals surface area (Å²) in [6.07, 6.45) is 4.29. The highest BCUT2D eigenvalue weighted by Gasteiger charge is 2.17. The average molecular weight is 508 g/mol. The lowest BCUT2D eigenvalue weighted by Crippen LogP contribution is -2.34. The maximum Gasteiger partial charge on any atom is 0.137 e. The molecule has 0 amide bonds. The van der Waals surface area contributed by atoms with Crippen LogP contribution in [0.25, 0.3) is 10.9 Å². The number of aromatic nitrogens is 1. The van der Waals surface area contributed by atoms with E-state index < -0.39 is 0 Å². The van der Waals surface area contributed by atoms with Crippen LogP contribution >= 0.6 is 11.6 Å². The number of fused-ring (bicyclic) bond motifs is 1. The number of likely N-dealkylation sites (tertiary alicyclic amines) is 1. The zero-order chi connectivity index (χ0) is 25.5. The van der Waals surface area contributed by atoms with E-state index in [-0.39, 0.29) is 0 Å². The van der Waals surface area contributed by atoms with Crippen LogP contribution in [0, 0.1) is 17.2 Å². The van der Waals surface area contributed by atoms with Crippen LogP contribution in [0.4, 0.5) is 5.69 Å². The first-order valence-electron chi connectivity index (χ1n) is 12.3. The molecule has 0 atom stereocenters. The Hall–Kier alpha value is -2.89. The number of nitrogens with one attached hydrogen (secondary N) is 2. The number of nitriles is 1.